The minimum atomic E-state index is 0.139. The summed E-state index contributed by atoms with van der Waals surface area (Å²) in [7, 11) is 1.64. The van der Waals surface area contributed by atoms with Crippen LogP contribution in [0.15, 0.2) is 29.3 Å². The topological polar surface area (TPSA) is 29.4 Å². The third-order valence-electron chi connectivity index (χ3n) is 1.74. The largest absolute Gasteiger partial charge is 0.304 e. The summed E-state index contributed by atoms with van der Waals surface area (Å²) in [5.74, 6) is 0.139. The fourth-order valence-corrected chi connectivity index (χ4v) is 1.01. The molecule has 2 nitrogen and oxygen atoms in total. The van der Waals surface area contributed by atoms with Gasteiger partial charge >= 0.3 is 0 Å². The molecule has 0 bridgehead atoms. The molecule has 0 aliphatic heterocycles. The molecule has 76 valence electrons. The Morgan fingerprint density at radius 3 is 2.50 bits per heavy atom. The van der Waals surface area contributed by atoms with Crippen molar-refractivity contribution in [2.75, 3.05) is 7.05 Å². The molecular weight excluding hydrogens is 174 g/mol. The molecular formula is C12H17NO. The summed E-state index contributed by atoms with van der Waals surface area (Å²) in [5, 5.41) is 0. The molecule has 0 amide bonds. The van der Waals surface area contributed by atoms with Gasteiger partial charge in [0.15, 0.2) is 5.78 Å². The number of nitrogens with zero attached hydrogens (tertiary/aromatic N) is 1. The minimum Gasteiger partial charge on any atom is -0.304 e. The number of hydrogen-bond acceptors (Lipinski definition) is 2. The Kier molecular flexibility index (Phi) is 6.29. The van der Waals surface area contributed by atoms with Gasteiger partial charge in [-0.2, -0.15) is 0 Å². The molecule has 0 N–H and O–H groups in total. The lowest BCUT2D eigenvalue weighted by molar-refractivity contribution is 0.101. The molecule has 0 saturated heterocycles. The van der Waals surface area contributed by atoms with Crippen molar-refractivity contribution in [3.63, 3.8) is 0 Å². The maximum Gasteiger partial charge on any atom is 0.159 e. The lowest BCUT2D eigenvalue weighted by atomic mass is 10.1. The van der Waals surface area contributed by atoms with Crippen LogP contribution in [0.3, 0.4) is 0 Å². The van der Waals surface area contributed by atoms with Crippen LogP contribution in [0.25, 0.3) is 0 Å². The zero-order chi connectivity index (χ0) is 11.0. The number of aliphatic imine (C=N–C) groups is 1. The van der Waals surface area contributed by atoms with Crippen LogP contribution in [0.1, 0.15) is 29.8 Å². The summed E-state index contributed by atoms with van der Waals surface area (Å²) >= 11 is 0. The molecule has 0 heterocycles. The van der Waals surface area contributed by atoms with E-state index in [-0.39, 0.29) is 5.78 Å². The van der Waals surface area contributed by atoms with Crippen LogP contribution in [0.4, 0.5) is 0 Å². The Labute approximate surface area is 85.7 Å². The Balaban J connectivity index is 0.000000500. The van der Waals surface area contributed by atoms with Gasteiger partial charge in [0, 0.05) is 12.6 Å². The molecule has 0 saturated carbocycles. The van der Waals surface area contributed by atoms with Crippen molar-refractivity contribution in [1.82, 2.24) is 0 Å². The van der Waals surface area contributed by atoms with Gasteiger partial charge in [0.2, 0.25) is 0 Å². The third kappa shape index (κ3) is 4.55. The molecule has 1 aromatic rings. The van der Waals surface area contributed by atoms with Gasteiger partial charge in [0.05, 0.1) is 0 Å². The monoisotopic (exact) mass is 191 g/mol. The predicted molar refractivity (Wildman–Crippen MR) is 61.3 cm³/mol. The SMILES string of the molecule is C=NC.CCc1cccc(C(C)=O)c1. The summed E-state index contributed by atoms with van der Waals surface area (Å²) in [4.78, 5) is 14.2. The van der Waals surface area contributed by atoms with Crippen molar-refractivity contribution in [3.05, 3.63) is 35.4 Å². The first kappa shape index (κ1) is 12.6. The number of Topliss-reactive ketones (excluding diaryl/α,β-unsaturated/α-hetero) is 1. The number of ketones is 1. The van der Waals surface area contributed by atoms with Crippen LogP contribution >= 0.6 is 0 Å². The molecule has 0 aliphatic rings. The second-order valence-corrected chi connectivity index (χ2v) is 2.93. The van der Waals surface area contributed by atoms with Crippen molar-refractivity contribution in [1.29, 1.82) is 0 Å². The van der Waals surface area contributed by atoms with Gasteiger partial charge in [-0.3, -0.25) is 4.79 Å². The van der Waals surface area contributed by atoms with Gasteiger partial charge in [-0.25, -0.2) is 0 Å². The normalized spacial score (nSPS) is 8.50. The van der Waals surface area contributed by atoms with E-state index in [4.69, 9.17) is 0 Å². The molecule has 0 unspecified atom stereocenters. The Morgan fingerprint density at radius 1 is 1.50 bits per heavy atom. The van der Waals surface area contributed by atoms with E-state index in [1.54, 1.807) is 14.0 Å². The van der Waals surface area contributed by atoms with Gasteiger partial charge < -0.3 is 4.99 Å². The zero-order valence-corrected chi connectivity index (χ0v) is 9.08. The highest BCUT2D eigenvalue weighted by atomic mass is 16.1. The van der Waals surface area contributed by atoms with E-state index in [2.05, 4.69) is 18.6 Å². The van der Waals surface area contributed by atoms with Crippen molar-refractivity contribution in [2.24, 2.45) is 4.99 Å². The standard InChI is InChI=1S/C10H12O.C2H5N/c1-3-9-5-4-6-10(7-9)8(2)11;1-3-2/h4-7H,3H2,1-2H3;1H2,2H3. The molecule has 0 aromatic heterocycles. The highest BCUT2D eigenvalue weighted by molar-refractivity contribution is 5.94. The number of rotatable bonds is 2. The number of benzene rings is 1. The quantitative estimate of drug-likeness (QED) is 0.522. The van der Waals surface area contributed by atoms with Gasteiger partial charge in [-0.1, -0.05) is 25.1 Å². The number of carbonyl (C=O) groups excluding carboxylic acids is 1. The van der Waals surface area contributed by atoms with Crippen molar-refractivity contribution < 1.29 is 4.79 Å². The van der Waals surface area contributed by atoms with Crippen LogP contribution in [0, 0.1) is 0 Å². The molecule has 2 heteroatoms. The van der Waals surface area contributed by atoms with E-state index in [1.165, 1.54) is 5.56 Å². The maximum atomic E-state index is 10.9. The second-order valence-electron chi connectivity index (χ2n) is 2.93. The fraction of sp³-hybridized carbons (Fsp3) is 0.333. The van der Waals surface area contributed by atoms with Crippen molar-refractivity contribution in [3.8, 4) is 0 Å². The average molecular weight is 191 g/mol. The van der Waals surface area contributed by atoms with E-state index in [0.717, 1.165) is 12.0 Å². The van der Waals surface area contributed by atoms with Crippen molar-refractivity contribution in [2.45, 2.75) is 20.3 Å². The third-order valence-corrected chi connectivity index (χ3v) is 1.74. The van der Waals surface area contributed by atoms with Gasteiger partial charge in [-0.05, 0) is 31.7 Å². The molecule has 14 heavy (non-hydrogen) atoms. The highest BCUT2D eigenvalue weighted by Gasteiger charge is 1.97. The molecule has 0 spiro atoms. The van der Waals surface area contributed by atoms with Crippen LogP contribution in [-0.4, -0.2) is 19.5 Å². The smallest absolute Gasteiger partial charge is 0.159 e. The first-order valence-corrected chi connectivity index (χ1v) is 4.60. The summed E-state index contributed by atoms with van der Waals surface area (Å²) < 4.78 is 0. The van der Waals surface area contributed by atoms with Crippen LogP contribution in [-0.2, 0) is 6.42 Å². The first-order valence-electron chi connectivity index (χ1n) is 4.60. The number of hydrogen-bond donors (Lipinski definition) is 0. The predicted octanol–water partition coefficient (Wildman–Crippen LogP) is 2.77. The maximum absolute atomic E-state index is 10.9. The van der Waals surface area contributed by atoms with E-state index in [9.17, 15) is 4.79 Å². The number of carbonyl (C=O) groups is 1. The summed E-state index contributed by atoms with van der Waals surface area (Å²) in [6.45, 7) is 6.79. The Hall–Kier alpha value is -1.44. The molecule has 0 aliphatic carbocycles. The highest BCUT2D eigenvalue weighted by Crippen LogP contribution is 2.05. The van der Waals surface area contributed by atoms with E-state index in [0.29, 0.717) is 0 Å². The van der Waals surface area contributed by atoms with Gasteiger partial charge in [0.1, 0.15) is 0 Å². The zero-order valence-electron chi connectivity index (χ0n) is 9.08. The molecule has 1 aromatic carbocycles. The molecule has 0 radical (unpaired) electrons. The lowest BCUT2D eigenvalue weighted by Gasteiger charge is -1.98. The van der Waals surface area contributed by atoms with Crippen LogP contribution in [0.2, 0.25) is 0 Å². The Bertz CT molecular complexity index is 305. The average Bonchev–Trinajstić information content (AvgIpc) is 2.19. The first-order chi connectivity index (χ1) is 6.65. The van der Waals surface area contributed by atoms with E-state index >= 15 is 0 Å². The van der Waals surface area contributed by atoms with Gasteiger partial charge in [0.25, 0.3) is 0 Å². The Morgan fingerprint density at radius 2 is 2.07 bits per heavy atom. The summed E-state index contributed by atoms with van der Waals surface area (Å²) in [6.07, 6.45) is 0.987. The molecule has 1 rings (SSSR count). The molecule has 0 atom stereocenters. The van der Waals surface area contributed by atoms with Crippen LogP contribution in [0.5, 0.6) is 0 Å². The minimum absolute atomic E-state index is 0.139. The van der Waals surface area contributed by atoms with Crippen LogP contribution < -0.4 is 0 Å². The number of aryl methyl sites for hydroxylation is 1. The van der Waals surface area contributed by atoms with E-state index in [1.807, 2.05) is 24.3 Å². The second kappa shape index (κ2) is 7.01. The molecule has 0 fully saturated rings. The van der Waals surface area contributed by atoms with Crippen molar-refractivity contribution >= 4 is 12.5 Å². The summed E-state index contributed by atoms with van der Waals surface area (Å²) in [5.41, 5.74) is 2.03. The van der Waals surface area contributed by atoms with E-state index < -0.39 is 0 Å². The fourth-order valence-electron chi connectivity index (χ4n) is 1.01. The summed E-state index contributed by atoms with van der Waals surface area (Å²) in [6, 6.07) is 7.76. The van der Waals surface area contributed by atoms with Gasteiger partial charge in [-0.15, -0.1) is 0 Å². The lowest BCUT2D eigenvalue weighted by Crippen LogP contribution is -1.92.